The molecule has 2 N–H and O–H groups in total. The summed E-state index contributed by atoms with van der Waals surface area (Å²) in [6.45, 7) is 6.07. The fourth-order valence-electron chi connectivity index (χ4n) is 2.66. The molecule has 1 heterocycles. The van der Waals surface area contributed by atoms with Gasteiger partial charge in [0.1, 0.15) is 5.71 Å². The van der Waals surface area contributed by atoms with E-state index in [9.17, 15) is 9.90 Å². The number of amides is 1. The number of aliphatic hydroxyl groups excluding tert-OH is 1. The quantitative estimate of drug-likeness (QED) is 0.782. The molecule has 0 fully saturated rings. The predicted octanol–water partition coefficient (Wildman–Crippen LogP) is 1.52. The Morgan fingerprint density at radius 2 is 2.17 bits per heavy atom. The Bertz CT molecular complexity index is 596. The van der Waals surface area contributed by atoms with Crippen molar-refractivity contribution in [2.75, 3.05) is 19.6 Å². The molecule has 0 spiro atoms. The number of fused-ring (bicyclic) bond motifs is 1. The maximum absolute atomic E-state index is 11.8. The number of nitrogens with zero attached hydrogens (tertiary/aromatic N) is 2. The molecule has 5 nitrogen and oxygen atoms in total. The number of benzene rings is 1. The average molecular weight is 315 g/mol. The zero-order chi connectivity index (χ0) is 16.7. The Balaban J connectivity index is 1.77. The molecule has 2 rings (SSSR count). The van der Waals surface area contributed by atoms with Crippen LogP contribution in [0.15, 0.2) is 41.5 Å². The van der Waals surface area contributed by atoms with Crippen LogP contribution in [0.2, 0.25) is 0 Å². The van der Waals surface area contributed by atoms with Crippen LogP contribution in [-0.2, 0) is 17.8 Å². The summed E-state index contributed by atoms with van der Waals surface area (Å²) in [4.78, 5) is 18.0. The monoisotopic (exact) mass is 315 g/mol. The van der Waals surface area contributed by atoms with Crippen molar-refractivity contribution in [2.24, 2.45) is 4.99 Å². The summed E-state index contributed by atoms with van der Waals surface area (Å²) in [5.41, 5.74) is 3.11. The van der Waals surface area contributed by atoms with Gasteiger partial charge in [0.25, 0.3) is 5.91 Å². The molecule has 0 unspecified atom stereocenters. The van der Waals surface area contributed by atoms with Crippen LogP contribution in [-0.4, -0.2) is 47.4 Å². The van der Waals surface area contributed by atoms with Crippen molar-refractivity contribution in [3.63, 3.8) is 0 Å². The average Bonchev–Trinajstić information content (AvgIpc) is 2.57. The van der Waals surface area contributed by atoms with Crippen molar-refractivity contribution in [1.29, 1.82) is 0 Å². The molecule has 1 aliphatic heterocycles. The SMILES string of the molecule is C/C=C\N=C(C)C(=O)NC[C@@H](O)CN1CCc2ccccc2C1. The summed E-state index contributed by atoms with van der Waals surface area (Å²) in [6, 6.07) is 8.41. The van der Waals surface area contributed by atoms with E-state index in [0.717, 1.165) is 19.5 Å². The Morgan fingerprint density at radius 3 is 2.91 bits per heavy atom. The molecule has 0 radical (unpaired) electrons. The van der Waals surface area contributed by atoms with Gasteiger partial charge >= 0.3 is 0 Å². The van der Waals surface area contributed by atoms with Crippen LogP contribution in [0.4, 0.5) is 0 Å². The summed E-state index contributed by atoms with van der Waals surface area (Å²) in [5.74, 6) is -0.244. The van der Waals surface area contributed by atoms with E-state index >= 15 is 0 Å². The second-order valence-corrected chi connectivity index (χ2v) is 5.81. The fraction of sp³-hybridized carbons (Fsp3) is 0.444. The highest BCUT2D eigenvalue weighted by molar-refractivity contribution is 6.38. The number of aliphatic hydroxyl groups is 1. The molecule has 1 amide bonds. The number of carbonyl (C=O) groups excluding carboxylic acids is 1. The summed E-state index contributed by atoms with van der Waals surface area (Å²) < 4.78 is 0. The number of β-amino-alcohol motifs (C(OH)–C–C–N with tert-alkyl or cyclic N) is 1. The minimum absolute atomic E-state index is 0.236. The van der Waals surface area contributed by atoms with E-state index in [1.165, 1.54) is 11.1 Å². The lowest BCUT2D eigenvalue weighted by atomic mass is 10.00. The molecule has 0 aromatic heterocycles. The van der Waals surface area contributed by atoms with Crippen molar-refractivity contribution >= 4 is 11.6 Å². The molecule has 0 aliphatic carbocycles. The van der Waals surface area contributed by atoms with Gasteiger partial charge in [-0.05, 0) is 31.4 Å². The summed E-state index contributed by atoms with van der Waals surface area (Å²) in [5, 5.41) is 12.9. The molecule has 124 valence electrons. The minimum atomic E-state index is -0.585. The van der Waals surface area contributed by atoms with Crippen molar-refractivity contribution in [3.8, 4) is 0 Å². The lowest BCUT2D eigenvalue weighted by molar-refractivity contribution is -0.115. The van der Waals surface area contributed by atoms with E-state index in [0.29, 0.717) is 12.3 Å². The Kier molecular flexibility index (Phi) is 6.50. The zero-order valence-corrected chi connectivity index (χ0v) is 13.8. The number of aliphatic imine (C=N–C) groups is 1. The van der Waals surface area contributed by atoms with E-state index in [4.69, 9.17) is 0 Å². The zero-order valence-electron chi connectivity index (χ0n) is 13.8. The van der Waals surface area contributed by atoms with Gasteiger partial charge in [-0.15, -0.1) is 0 Å². The van der Waals surface area contributed by atoms with E-state index in [-0.39, 0.29) is 12.5 Å². The largest absolute Gasteiger partial charge is 0.390 e. The minimum Gasteiger partial charge on any atom is -0.390 e. The van der Waals surface area contributed by atoms with Crippen molar-refractivity contribution in [2.45, 2.75) is 32.9 Å². The van der Waals surface area contributed by atoms with Crippen LogP contribution in [0.5, 0.6) is 0 Å². The Hall–Kier alpha value is -1.98. The third-order valence-corrected chi connectivity index (χ3v) is 3.92. The Labute approximate surface area is 137 Å². The number of hydrogen-bond donors (Lipinski definition) is 2. The highest BCUT2D eigenvalue weighted by Crippen LogP contribution is 2.18. The number of allylic oxidation sites excluding steroid dienone is 1. The molecule has 0 bridgehead atoms. The van der Waals surface area contributed by atoms with Crippen molar-refractivity contribution in [1.82, 2.24) is 10.2 Å². The molecule has 1 aromatic rings. The number of rotatable bonds is 6. The van der Waals surface area contributed by atoms with Gasteiger partial charge in [0, 0.05) is 32.4 Å². The van der Waals surface area contributed by atoms with Gasteiger partial charge in [-0.2, -0.15) is 0 Å². The van der Waals surface area contributed by atoms with E-state index in [1.54, 1.807) is 19.2 Å². The first kappa shape index (κ1) is 17.4. The normalized spacial score (nSPS) is 17.1. The topological polar surface area (TPSA) is 64.9 Å². The molecular formula is C18H25N3O2. The lowest BCUT2D eigenvalue weighted by Crippen LogP contribution is -2.43. The van der Waals surface area contributed by atoms with Crippen LogP contribution in [0, 0.1) is 0 Å². The van der Waals surface area contributed by atoms with Crippen molar-refractivity contribution in [3.05, 3.63) is 47.7 Å². The predicted molar refractivity (Wildman–Crippen MR) is 92.4 cm³/mol. The van der Waals surface area contributed by atoms with Gasteiger partial charge < -0.3 is 10.4 Å². The molecule has 23 heavy (non-hydrogen) atoms. The molecule has 0 saturated carbocycles. The highest BCUT2D eigenvalue weighted by Gasteiger charge is 2.18. The molecule has 0 saturated heterocycles. The molecular weight excluding hydrogens is 290 g/mol. The van der Waals surface area contributed by atoms with Crippen LogP contribution < -0.4 is 5.32 Å². The van der Waals surface area contributed by atoms with Gasteiger partial charge in [-0.25, -0.2) is 0 Å². The first-order valence-electron chi connectivity index (χ1n) is 8.01. The van der Waals surface area contributed by atoms with Crippen LogP contribution in [0.25, 0.3) is 0 Å². The highest BCUT2D eigenvalue weighted by atomic mass is 16.3. The molecule has 5 heteroatoms. The van der Waals surface area contributed by atoms with Crippen LogP contribution in [0.3, 0.4) is 0 Å². The van der Waals surface area contributed by atoms with Gasteiger partial charge in [-0.3, -0.25) is 14.7 Å². The third kappa shape index (κ3) is 5.30. The second kappa shape index (κ2) is 8.60. The van der Waals surface area contributed by atoms with Gasteiger partial charge in [-0.1, -0.05) is 30.3 Å². The fourth-order valence-corrected chi connectivity index (χ4v) is 2.66. The molecule has 1 atom stereocenters. The van der Waals surface area contributed by atoms with Gasteiger partial charge in [0.15, 0.2) is 0 Å². The maximum Gasteiger partial charge on any atom is 0.265 e. The van der Waals surface area contributed by atoms with Crippen LogP contribution >= 0.6 is 0 Å². The third-order valence-electron chi connectivity index (χ3n) is 3.92. The van der Waals surface area contributed by atoms with E-state index in [1.807, 2.05) is 13.0 Å². The Morgan fingerprint density at radius 1 is 1.43 bits per heavy atom. The van der Waals surface area contributed by atoms with Crippen LogP contribution in [0.1, 0.15) is 25.0 Å². The first-order chi connectivity index (χ1) is 11.1. The van der Waals surface area contributed by atoms with E-state index < -0.39 is 6.10 Å². The van der Waals surface area contributed by atoms with E-state index in [2.05, 4.69) is 33.4 Å². The summed E-state index contributed by atoms with van der Waals surface area (Å²) >= 11 is 0. The summed E-state index contributed by atoms with van der Waals surface area (Å²) in [6.07, 6.45) is 3.76. The number of hydrogen-bond acceptors (Lipinski definition) is 4. The standard InChI is InChI=1S/C18H25N3O2/c1-3-9-19-14(2)18(23)20-11-17(22)13-21-10-8-15-6-4-5-7-16(15)12-21/h3-7,9,17,22H,8,10-13H2,1-2H3,(H,20,23)/b9-3-,19-14?/t17-/m1/s1. The first-order valence-corrected chi connectivity index (χ1v) is 8.01. The maximum atomic E-state index is 11.8. The summed E-state index contributed by atoms with van der Waals surface area (Å²) in [7, 11) is 0. The smallest absolute Gasteiger partial charge is 0.265 e. The second-order valence-electron chi connectivity index (χ2n) is 5.81. The molecule has 1 aromatic carbocycles. The van der Waals surface area contributed by atoms with Gasteiger partial charge in [0.2, 0.25) is 0 Å². The number of carbonyl (C=O) groups is 1. The van der Waals surface area contributed by atoms with Gasteiger partial charge in [0.05, 0.1) is 6.10 Å². The lowest BCUT2D eigenvalue weighted by Gasteiger charge is -2.30. The molecule has 1 aliphatic rings. The van der Waals surface area contributed by atoms with Crippen molar-refractivity contribution < 1.29 is 9.90 Å². The number of nitrogens with one attached hydrogen (secondary N) is 1.